The molecule has 0 aliphatic heterocycles. The van der Waals surface area contributed by atoms with E-state index < -0.39 is 0 Å². The van der Waals surface area contributed by atoms with Gasteiger partial charge in [0.25, 0.3) is 0 Å². The van der Waals surface area contributed by atoms with Crippen LogP contribution in [0.1, 0.15) is 5.56 Å². The maximum Gasteiger partial charge on any atom is 0.162 e. The van der Waals surface area contributed by atoms with E-state index in [4.69, 9.17) is 4.98 Å². The Morgan fingerprint density at radius 3 is 2.37 bits per heavy atom. The maximum absolute atomic E-state index is 13.4. The van der Waals surface area contributed by atoms with Crippen molar-refractivity contribution in [2.24, 2.45) is 0 Å². The third-order valence-corrected chi connectivity index (χ3v) is 5.68. The monoisotopic (exact) mass is 391 g/mol. The van der Waals surface area contributed by atoms with E-state index in [0.29, 0.717) is 0 Å². The van der Waals surface area contributed by atoms with E-state index >= 15 is 0 Å². The molecule has 6 aromatic rings. The Kier molecular flexibility index (Phi) is 3.71. The van der Waals surface area contributed by atoms with Crippen LogP contribution in [0.4, 0.5) is 4.39 Å². The smallest absolute Gasteiger partial charge is 0.162 e. The van der Waals surface area contributed by atoms with Crippen LogP contribution in [0.2, 0.25) is 0 Å². The highest BCUT2D eigenvalue weighted by Crippen LogP contribution is 2.33. The lowest BCUT2D eigenvalue weighted by atomic mass is 10.2. The number of halogens is 1. The summed E-state index contributed by atoms with van der Waals surface area (Å²) in [5.41, 5.74) is 6.18. The fraction of sp³-hybridized carbons (Fsp3) is 0.0385. The molecule has 0 saturated heterocycles. The molecule has 3 nitrogen and oxygen atoms in total. The fourth-order valence-electron chi connectivity index (χ4n) is 4.27. The van der Waals surface area contributed by atoms with Gasteiger partial charge >= 0.3 is 0 Å². The number of rotatable bonds is 3. The van der Waals surface area contributed by atoms with Gasteiger partial charge in [0.1, 0.15) is 5.82 Å². The van der Waals surface area contributed by atoms with E-state index in [1.807, 2.05) is 12.3 Å². The SMILES string of the molecule is Fc1ccc(-c2cn3ccc4c5ccccc5n(Cc5ccccc5)c4c3n2)cc1. The number of hydrogen-bond acceptors (Lipinski definition) is 1. The van der Waals surface area contributed by atoms with E-state index in [1.165, 1.54) is 34.0 Å². The van der Waals surface area contributed by atoms with Crippen molar-refractivity contribution in [2.45, 2.75) is 6.54 Å². The topological polar surface area (TPSA) is 22.2 Å². The van der Waals surface area contributed by atoms with Crippen LogP contribution in [0.5, 0.6) is 0 Å². The maximum atomic E-state index is 13.4. The van der Waals surface area contributed by atoms with Crippen molar-refractivity contribution in [2.75, 3.05) is 0 Å². The average Bonchev–Trinajstić information content (AvgIpc) is 3.35. The molecule has 0 unspecified atom stereocenters. The number of imidazole rings is 1. The first-order chi connectivity index (χ1) is 14.8. The molecule has 0 N–H and O–H groups in total. The van der Waals surface area contributed by atoms with E-state index in [1.54, 1.807) is 12.1 Å². The summed E-state index contributed by atoms with van der Waals surface area (Å²) in [6.07, 6.45) is 4.06. The molecule has 0 atom stereocenters. The largest absolute Gasteiger partial charge is 0.333 e. The lowest BCUT2D eigenvalue weighted by Crippen LogP contribution is -2.00. The minimum Gasteiger partial charge on any atom is -0.333 e. The Balaban J connectivity index is 1.65. The predicted molar refractivity (Wildman–Crippen MR) is 119 cm³/mol. The third-order valence-electron chi connectivity index (χ3n) is 5.68. The summed E-state index contributed by atoms with van der Waals surface area (Å²) in [6.45, 7) is 0.767. The fourth-order valence-corrected chi connectivity index (χ4v) is 4.27. The summed E-state index contributed by atoms with van der Waals surface area (Å²) in [4.78, 5) is 4.96. The Morgan fingerprint density at radius 1 is 0.767 bits per heavy atom. The Labute approximate surface area is 172 Å². The van der Waals surface area contributed by atoms with Gasteiger partial charge < -0.3 is 8.97 Å². The van der Waals surface area contributed by atoms with E-state index in [2.05, 4.69) is 69.8 Å². The van der Waals surface area contributed by atoms with Crippen LogP contribution < -0.4 is 0 Å². The Morgan fingerprint density at radius 2 is 1.53 bits per heavy atom. The summed E-state index contributed by atoms with van der Waals surface area (Å²) < 4.78 is 17.8. The zero-order valence-corrected chi connectivity index (χ0v) is 16.2. The first kappa shape index (κ1) is 17.0. The molecule has 3 aromatic carbocycles. The molecule has 0 fully saturated rings. The molecule has 0 aliphatic carbocycles. The summed E-state index contributed by atoms with van der Waals surface area (Å²) in [5.74, 6) is -0.243. The van der Waals surface area contributed by atoms with Gasteiger partial charge in [-0.05, 0) is 42.0 Å². The van der Waals surface area contributed by atoms with Crippen molar-refractivity contribution in [3.05, 3.63) is 109 Å². The minimum atomic E-state index is -0.243. The van der Waals surface area contributed by atoms with Crippen LogP contribution in [0.25, 0.3) is 38.7 Å². The highest BCUT2D eigenvalue weighted by Gasteiger charge is 2.16. The van der Waals surface area contributed by atoms with Crippen LogP contribution in [0.3, 0.4) is 0 Å². The Hall–Kier alpha value is -3.92. The van der Waals surface area contributed by atoms with Crippen LogP contribution in [-0.2, 0) is 6.54 Å². The van der Waals surface area contributed by atoms with E-state index in [-0.39, 0.29) is 5.82 Å². The van der Waals surface area contributed by atoms with Crippen molar-refractivity contribution in [3.63, 3.8) is 0 Å². The van der Waals surface area contributed by atoms with Gasteiger partial charge in [-0.25, -0.2) is 9.37 Å². The number of benzene rings is 3. The molecule has 0 spiro atoms. The minimum absolute atomic E-state index is 0.243. The van der Waals surface area contributed by atoms with Gasteiger partial charge in [-0.3, -0.25) is 0 Å². The molecule has 0 aliphatic rings. The second-order valence-electron chi connectivity index (χ2n) is 7.53. The van der Waals surface area contributed by atoms with E-state index in [9.17, 15) is 4.39 Å². The number of aromatic nitrogens is 3. The molecule has 0 radical (unpaired) electrons. The highest BCUT2D eigenvalue weighted by atomic mass is 19.1. The van der Waals surface area contributed by atoms with Crippen LogP contribution in [0, 0.1) is 5.82 Å². The van der Waals surface area contributed by atoms with Gasteiger partial charge in [0.2, 0.25) is 0 Å². The molecular weight excluding hydrogens is 373 g/mol. The Bertz CT molecular complexity index is 1510. The van der Waals surface area contributed by atoms with Gasteiger partial charge in [0.05, 0.1) is 11.2 Å². The molecule has 0 saturated carbocycles. The summed E-state index contributed by atoms with van der Waals surface area (Å²) in [6, 6.07) is 27.6. The molecule has 6 rings (SSSR count). The number of hydrogen-bond donors (Lipinski definition) is 0. The number of pyridine rings is 1. The van der Waals surface area contributed by atoms with Gasteiger partial charge in [0.15, 0.2) is 5.65 Å². The zero-order valence-electron chi connectivity index (χ0n) is 16.2. The first-order valence-corrected chi connectivity index (χ1v) is 9.96. The zero-order chi connectivity index (χ0) is 20.1. The van der Waals surface area contributed by atoms with Crippen molar-refractivity contribution in [1.82, 2.24) is 14.0 Å². The van der Waals surface area contributed by atoms with Crippen LogP contribution >= 0.6 is 0 Å². The quantitative estimate of drug-likeness (QED) is 0.347. The summed E-state index contributed by atoms with van der Waals surface area (Å²) in [5, 5.41) is 2.41. The number of nitrogens with zero attached hydrogens (tertiary/aromatic N) is 3. The van der Waals surface area contributed by atoms with E-state index in [0.717, 1.165) is 29.0 Å². The molecule has 30 heavy (non-hydrogen) atoms. The first-order valence-electron chi connectivity index (χ1n) is 9.96. The predicted octanol–water partition coefficient (Wildman–Crippen LogP) is 6.30. The molecule has 3 aromatic heterocycles. The third kappa shape index (κ3) is 2.61. The number of fused-ring (bicyclic) bond motifs is 5. The summed E-state index contributed by atoms with van der Waals surface area (Å²) >= 11 is 0. The molecule has 3 heterocycles. The molecular formula is C26H18FN3. The van der Waals surface area contributed by atoms with Crippen molar-refractivity contribution in [3.8, 4) is 11.3 Å². The van der Waals surface area contributed by atoms with Gasteiger partial charge in [-0.15, -0.1) is 0 Å². The van der Waals surface area contributed by atoms with Crippen molar-refractivity contribution < 1.29 is 4.39 Å². The van der Waals surface area contributed by atoms with Crippen molar-refractivity contribution in [1.29, 1.82) is 0 Å². The molecule has 144 valence electrons. The van der Waals surface area contributed by atoms with Crippen LogP contribution in [-0.4, -0.2) is 14.0 Å². The standard InChI is InChI=1S/C26H18FN3/c27-20-12-10-19(11-13-20)23-17-29-15-14-22-21-8-4-5-9-24(21)30(25(22)26(29)28-23)16-18-6-2-1-3-7-18/h1-15,17H,16H2. The summed E-state index contributed by atoms with van der Waals surface area (Å²) in [7, 11) is 0. The second kappa shape index (κ2) is 6.56. The lowest BCUT2D eigenvalue weighted by Gasteiger charge is -2.08. The van der Waals surface area contributed by atoms with Gasteiger partial charge in [-0.2, -0.15) is 0 Å². The average molecular weight is 391 g/mol. The van der Waals surface area contributed by atoms with Crippen molar-refractivity contribution >= 4 is 27.5 Å². The molecule has 0 bridgehead atoms. The molecule has 4 heteroatoms. The molecule has 0 amide bonds. The highest BCUT2D eigenvalue weighted by molar-refractivity contribution is 6.12. The van der Waals surface area contributed by atoms with Crippen LogP contribution in [0.15, 0.2) is 97.3 Å². The normalized spacial score (nSPS) is 11.6. The van der Waals surface area contributed by atoms with Gasteiger partial charge in [0, 0.05) is 40.8 Å². The number of para-hydroxylation sites is 1. The lowest BCUT2D eigenvalue weighted by molar-refractivity contribution is 0.628. The van der Waals surface area contributed by atoms with Gasteiger partial charge in [-0.1, -0.05) is 48.5 Å². The second-order valence-corrected chi connectivity index (χ2v) is 7.53.